The van der Waals surface area contributed by atoms with Crippen LogP contribution in [0.4, 0.5) is 0 Å². The van der Waals surface area contributed by atoms with E-state index in [-0.39, 0.29) is 31.1 Å². The van der Waals surface area contributed by atoms with Gasteiger partial charge in [0.25, 0.3) is 0 Å². The number of esters is 3. The topological polar surface area (TPSA) is 78.9 Å². The smallest absolute Gasteiger partial charge is 0.306 e. The highest BCUT2D eigenvalue weighted by Crippen LogP contribution is 2.13. The molecule has 6 nitrogen and oxygen atoms in total. The molecule has 0 aliphatic rings. The number of carbonyl (C=O) groups is 3. The number of unbranched alkanes of at least 4 members (excludes halogenated alkanes) is 18. The summed E-state index contributed by atoms with van der Waals surface area (Å²) in [4.78, 5) is 38.2. The van der Waals surface area contributed by atoms with Crippen molar-refractivity contribution in [2.24, 2.45) is 0 Å². The van der Waals surface area contributed by atoms with E-state index in [4.69, 9.17) is 14.2 Å². The second-order valence-electron chi connectivity index (χ2n) is 20.2. The molecule has 0 aliphatic carbocycles. The molecule has 0 aromatic heterocycles. The molecule has 0 aliphatic heterocycles. The van der Waals surface area contributed by atoms with Crippen LogP contribution in [0.25, 0.3) is 0 Å². The summed E-state index contributed by atoms with van der Waals surface area (Å²) in [6.07, 6.45) is 93.9. The molecule has 1 atom stereocenters. The van der Waals surface area contributed by atoms with Gasteiger partial charge in [0.1, 0.15) is 13.2 Å². The van der Waals surface area contributed by atoms with Crippen LogP contribution in [-0.4, -0.2) is 37.2 Å². The second kappa shape index (κ2) is 64.6. The standard InChI is InChI=1S/C72H114O6/c1-4-7-10-13-16-19-22-25-27-28-29-30-31-32-33-34-35-36-37-38-39-40-41-42-43-44-46-47-50-53-56-59-62-65-71(74)77-68-69(67-76-70(73)64-61-58-55-52-49-24-21-18-15-12-9-6-3)78-72(75)66-63-60-57-54-51-48-45-26-23-20-17-14-11-8-5-2/h7,10,16-21,25-27,29-30,32-33,35-36,38-39,41-42,44-46,50,53,69H,4-6,8-9,11-15,22-24,28,31,34,37,40,43,47-49,51-52,54-68H2,1-3H3/b10-7-,19-16-,20-17-,21-18-,27-25-,30-29-,33-32-,36-35-,39-38-,42-41-,45-26-,46-44-,53-50-. The van der Waals surface area contributed by atoms with Crippen LogP contribution in [0.1, 0.15) is 258 Å². The predicted octanol–water partition coefficient (Wildman–Crippen LogP) is 21.7. The van der Waals surface area contributed by atoms with E-state index >= 15 is 0 Å². The molecule has 0 bridgehead atoms. The molecule has 1 unspecified atom stereocenters. The third-order valence-corrected chi connectivity index (χ3v) is 12.7. The number of hydrogen-bond acceptors (Lipinski definition) is 6. The summed E-state index contributed by atoms with van der Waals surface area (Å²) in [5, 5.41) is 0. The Bertz CT molecular complexity index is 1760. The molecule has 0 saturated carbocycles. The first-order valence-corrected chi connectivity index (χ1v) is 31.5. The van der Waals surface area contributed by atoms with Crippen molar-refractivity contribution in [3.63, 3.8) is 0 Å². The fourth-order valence-electron chi connectivity index (χ4n) is 8.02. The lowest BCUT2D eigenvalue weighted by molar-refractivity contribution is -0.167. The van der Waals surface area contributed by atoms with Crippen LogP contribution >= 0.6 is 0 Å². The van der Waals surface area contributed by atoms with E-state index in [1.54, 1.807) is 0 Å². The van der Waals surface area contributed by atoms with Crippen LogP contribution in [0.5, 0.6) is 0 Å². The summed E-state index contributed by atoms with van der Waals surface area (Å²) in [5.41, 5.74) is 0. The summed E-state index contributed by atoms with van der Waals surface area (Å²) in [6, 6.07) is 0. The zero-order chi connectivity index (χ0) is 56.4. The van der Waals surface area contributed by atoms with Crippen molar-refractivity contribution in [3.05, 3.63) is 158 Å². The maximum atomic E-state index is 12.9. The Hall–Kier alpha value is -4.97. The van der Waals surface area contributed by atoms with Crippen molar-refractivity contribution in [2.75, 3.05) is 13.2 Å². The van der Waals surface area contributed by atoms with E-state index in [1.165, 1.54) is 57.8 Å². The predicted molar refractivity (Wildman–Crippen MR) is 338 cm³/mol. The van der Waals surface area contributed by atoms with Crippen molar-refractivity contribution in [3.8, 4) is 0 Å². The normalized spacial score (nSPS) is 13.2. The van der Waals surface area contributed by atoms with Gasteiger partial charge < -0.3 is 14.2 Å². The summed E-state index contributed by atoms with van der Waals surface area (Å²) < 4.78 is 16.8. The molecule has 0 heterocycles. The highest BCUT2D eigenvalue weighted by Gasteiger charge is 2.19. The van der Waals surface area contributed by atoms with Crippen molar-refractivity contribution in [1.29, 1.82) is 0 Å². The Morgan fingerprint density at radius 1 is 0.269 bits per heavy atom. The molecule has 0 rings (SSSR count). The molecule has 0 fully saturated rings. The molecule has 78 heavy (non-hydrogen) atoms. The number of carbonyl (C=O) groups excluding carboxylic acids is 3. The van der Waals surface area contributed by atoms with E-state index in [9.17, 15) is 14.4 Å². The Morgan fingerprint density at radius 3 is 0.821 bits per heavy atom. The monoisotopic (exact) mass is 1070 g/mol. The molecular formula is C72H114O6. The first-order chi connectivity index (χ1) is 38.5. The van der Waals surface area contributed by atoms with Gasteiger partial charge in [0.15, 0.2) is 6.10 Å². The van der Waals surface area contributed by atoms with Crippen LogP contribution in [0.3, 0.4) is 0 Å². The van der Waals surface area contributed by atoms with E-state index in [2.05, 4.69) is 179 Å². The molecule has 0 aromatic rings. The maximum absolute atomic E-state index is 12.9. The van der Waals surface area contributed by atoms with Crippen molar-refractivity contribution < 1.29 is 28.6 Å². The van der Waals surface area contributed by atoms with Gasteiger partial charge >= 0.3 is 17.9 Å². The lowest BCUT2D eigenvalue weighted by atomic mass is 10.1. The van der Waals surface area contributed by atoms with E-state index in [1.807, 2.05) is 0 Å². The highest BCUT2D eigenvalue weighted by molar-refractivity contribution is 5.71. The first-order valence-electron chi connectivity index (χ1n) is 31.5. The zero-order valence-corrected chi connectivity index (χ0v) is 50.1. The van der Waals surface area contributed by atoms with E-state index < -0.39 is 6.10 Å². The molecule has 0 amide bonds. The molecular weight excluding hydrogens is 961 g/mol. The lowest BCUT2D eigenvalue weighted by Crippen LogP contribution is -2.30. The van der Waals surface area contributed by atoms with Crippen molar-refractivity contribution >= 4 is 17.9 Å². The van der Waals surface area contributed by atoms with Gasteiger partial charge in [-0.25, -0.2) is 0 Å². The average molecular weight is 1080 g/mol. The molecule has 0 aromatic carbocycles. The minimum absolute atomic E-state index is 0.107. The summed E-state index contributed by atoms with van der Waals surface area (Å²) in [5.74, 6) is -0.981. The van der Waals surface area contributed by atoms with E-state index in [0.29, 0.717) is 25.7 Å². The SMILES string of the molecule is CC/C=C\C/C=C\C/C=C\C/C=C\C/C=C\C/C=C\C/C=C\C/C=C\C/C=C\C/C=C\CCCCC(=O)OCC(COC(=O)CCCCCCC/C=C\CCCCC)OC(=O)CCCCCCC/C=C\C/C=C\CCCCC. The van der Waals surface area contributed by atoms with Gasteiger partial charge in [-0.2, -0.15) is 0 Å². The Balaban J connectivity index is 4.39. The fourth-order valence-corrected chi connectivity index (χ4v) is 8.02. The van der Waals surface area contributed by atoms with Gasteiger partial charge in [-0.3, -0.25) is 14.4 Å². The summed E-state index contributed by atoms with van der Waals surface area (Å²) in [7, 11) is 0. The van der Waals surface area contributed by atoms with Gasteiger partial charge in [0.05, 0.1) is 0 Å². The number of rotatable bonds is 55. The Labute approximate surface area is 480 Å². The summed E-state index contributed by atoms with van der Waals surface area (Å²) in [6.45, 7) is 6.41. The molecule has 0 saturated heterocycles. The van der Waals surface area contributed by atoms with Gasteiger partial charge in [-0.1, -0.05) is 243 Å². The first kappa shape index (κ1) is 73.0. The maximum Gasteiger partial charge on any atom is 0.306 e. The quantitative estimate of drug-likeness (QED) is 0.0261. The Morgan fingerprint density at radius 2 is 0.500 bits per heavy atom. The third-order valence-electron chi connectivity index (χ3n) is 12.7. The fraction of sp³-hybridized carbons (Fsp3) is 0.597. The summed E-state index contributed by atoms with van der Waals surface area (Å²) >= 11 is 0. The zero-order valence-electron chi connectivity index (χ0n) is 50.1. The van der Waals surface area contributed by atoms with Gasteiger partial charge in [-0.05, 0) is 154 Å². The number of ether oxygens (including phenoxy) is 3. The molecule has 0 spiro atoms. The third kappa shape index (κ3) is 61.9. The minimum Gasteiger partial charge on any atom is -0.462 e. The van der Waals surface area contributed by atoms with Gasteiger partial charge in [-0.15, -0.1) is 0 Å². The number of hydrogen-bond donors (Lipinski definition) is 0. The largest absolute Gasteiger partial charge is 0.462 e. The van der Waals surface area contributed by atoms with Crippen LogP contribution in [0.15, 0.2) is 158 Å². The lowest BCUT2D eigenvalue weighted by Gasteiger charge is -2.18. The molecule has 0 N–H and O–H groups in total. The van der Waals surface area contributed by atoms with Gasteiger partial charge in [0, 0.05) is 19.3 Å². The second-order valence-corrected chi connectivity index (χ2v) is 20.2. The van der Waals surface area contributed by atoms with Crippen LogP contribution in [-0.2, 0) is 28.6 Å². The molecule has 438 valence electrons. The van der Waals surface area contributed by atoms with Crippen LogP contribution in [0.2, 0.25) is 0 Å². The van der Waals surface area contributed by atoms with Crippen molar-refractivity contribution in [1.82, 2.24) is 0 Å². The van der Waals surface area contributed by atoms with Gasteiger partial charge in [0.2, 0.25) is 0 Å². The molecule has 6 heteroatoms. The van der Waals surface area contributed by atoms with Crippen molar-refractivity contribution in [2.45, 2.75) is 264 Å². The average Bonchev–Trinajstić information content (AvgIpc) is 3.44. The Kier molecular flexibility index (Phi) is 60.4. The van der Waals surface area contributed by atoms with Crippen LogP contribution in [0, 0.1) is 0 Å². The minimum atomic E-state index is -0.814. The van der Waals surface area contributed by atoms with E-state index in [0.717, 1.165) is 154 Å². The van der Waals surface area contributed by atoms with Crippen LogP contribution < -0.4 is 0 Å². The highest BCUT2D eigenvalue weighted by atomic mass is 16.6. The molecule has 0 radical (unpaired) electrons. The number of allylic oxidation sites excluding steroid dienone is 26.